The molecule has 0 spiro atoms. The second-order valence-corrected chi connectivity index (χ2v) is 4.68. The molecule has 0 bridgehead atoms. The van der Waals surface area contributed by atoms with E-state index < -0.39 is 0 Å². The van der Waals surface area contributed by atoms with Crippen molar-refractivity contribution in [2.24, 2.45) is 5.73 Å². The highest BCUT2D eigenvalue weighted by atomic mass is 16.2. The Bertz CT molecular complexity index is 477. The monoisotopic (exact) mass is 244 g/mol. The van der Waals surface area contributed by atoms with Crippen LogP contribution in [0.1, 0.15) is 35.8 Å². The number of carbonyl (C=O) groups excluding carboxylic acids is 1. The van der Waals surface area contributed by atoms with E-state index in [2.05, 4.69) is 4.98 Å². The molecule has 1 aromatic rings. The zero-order valence-corrected chi connectivity index (χ0v) is 10.3. The Kier molecular flexibility index (Phi) is 3.58. The number of carbonyl (C=O) groups is 1. The highest BCUT2D eigenvalue weighted by Gasteiger charge is 2.28. The van der Waals surface area contributed by atoms with Gasteiger partial charge in [0.05, 0.1) is 5.56 Å². The van der Waals surface area contributed by atoms with E-state index >= 15 is 0 Å². The lowest BCUT2D eigenvalue weighted by atomic mass is 9.99. The smallest absolute Gasteiger partial charge is 0.272 e. The van der Waals surface area contributed by atoms with E-state index in [4.69, 9.17) is 11.0 Å². The molecule has 2 rings (SSSR count). The molecule has 0 aromatic carbocycles. The number of nitrogens with zero attached hydrogens (tertiary/aromatic N) is 3. The maximum absolute atomic E-state index is 12.3. The van der Waals surface area contributed by atoms with Crippen LogP contribution < -0.4 is 5.73 Å². The summed E-state index contributed by atoms with van der Waals surface area (Å²) in [5.41, 5.74) is 6.72. The molecule has 5 heteroatoms. The van der Waals surface area contributed by atoms with Crippen LogP contribution in [-0.4, -0.2) is 34.4 Å². The van der Waals surface area contributed by atoms with Gasteiger partial charge >= 0.3 is 0 Å². The fourth-order valence-electron chi connectivity index (χ4n) is 2.24. The van der Waals surface area contributed by atoms with Crippen LogP contribution in [0.2, 0.25) is 0 Å². The van der Waals surface area contributed by atoms with Crippen molar-refractivity contribution in [1.29, 1.82) is 5.26 Å². The molecule has 94 valence electrons. The maximum Gasteiger partial charge on any atom is 0.272 e. The molecule has 0 aliphatic carbocycles. The fourth-order valence-corrected chi connectivity index (χ4v) is 2.24. The van der Waals surface area contributed by atoms with Gasteiger partial charge in [-0.25, -0.2) is 4.98 Å². The number of nitriles is 1. The van der Waals surface area contributed by atoms with Crippen LogP contribution in [-0.2, 0) is 0 Å². The molecule has 18 heavy (non-hydrogen) atoms. The van der Waals surface area contributed by atoms with Crippen LogP contribution in [0.15, 0.2) is 18.3 Å². The van der Waals surface area contributed by atoms with Gasteiger partial charge in [0.2, 0.25) is 0 Å². The molecule has 2 heterocycles. The Morgan fingerprint density at radius 1 is 1.61 bits per heavy atom. The Hall–Kier alpha value is -1.93. The topological polar surface area (TPSA) is 83.0 Å². The normalized spacial score (nSPS) is 23.5. The highest BCUT2D eigenvalue weighted by Crippen LogP contribution is 2.18. The summed E-state index contributed by atoms with van der Waals surface area (Å²) in [6.07, 6.45) is 3.07. The number of likely N-dealkylation sites (tertiary alicyclic amines) is 1. The average molecular weight is 244 g/mol. The Morgan fingerprint density at radius 2 is 2.39 bits per heavy atom. The van der Waals surface area contributed by atoms with E-state index in [1.165, 1.54) is 6.20 Å². The van der Waals surface area contributed by atoms with Gasteiger partial charge in [-0.05, 0) is 31.9 Å². The van der Waals surface area contributed by atoms with Crippen molar-refractivity contribution in [2.75, 3.05) is 6.54 Å². The summed E-state index contributed by atoms with van der Waals surface area (Å²) >= 11 is 0. The molecule has 1 aliphatic heterocycles. The summed E-state index contributed by atoms with van der Waals surface area (Å²) in [4.78, 5) is 18.1. The van der Waals surface area contributed by atoms with Crippen molar-refractivity contribution in [3.05, 3.63) is 29.6 Å². The summed E-state index contributed by atoms with van der Waals surface area (Å²) < 4.78 is 0. The molecule has 0 saturated carbocycles. The first-order valence-electron chi connectivity index (χ1n) is 6.04. The second-order valence-electron chi connectivity index (χ2n) is 4.68. The molecular formula is C13H16N4O. The molecule has 1 fully saturated rings. The lowest BCUT2D eigenvalue weighted by Crippen LogP contribution is -2.48. The van der Waals surface area contributed by atoms with E-state index in [0.29, 0.717) is 17.8 Å². The van der Waals surface area contributed by atoms with E-state index in [0.717, 1.165) is 12.8 Å². The van der Waals surface area contributed by atoms with E-state index in [9.17, 15) is 4.79 Å². The average Bonchev–Trinajstić information content (AvgIpc) is 2.38. The number of rotatable bonds is 1. The number of hydrogen-bond acceptors (Lipinski definition) is 4. The van der Waals surface area contributed by atoms with Crippen molar-refractivity contribution in [3.63, 3.8) is 0 Å². The standard InChI is InChI=1S/C13H16N4O/c1-9-6-11(15)4-5-17(9)13(18)12-3-2-10(7-14)8-16-12/h2-3,8-9,11H,4-6,15H2,1H3. The van der Waals surface area contributed by atoms with Gasteiger partial charge in [-0.1, -0.05) is 0 Å². The van der Waals surface area contributed by atoms with Crippen molar-refractivity contribution >= 4 is 5.91 Å². The minimum atomic E-state index is -0.0844. The van der Waals surface area contributed by atoms with Gasteiger partial charge in [0.25, 0.3) is 5.91 Å². The SMILES string of the molecule is CC1CC(N)CCN1C(=O)c1ccc(C#N)cn1. The van der Waals surface area contributed by atoms with Crippen LogP contribution in [0, 0.1) is 11.3 Å². The summed E-state index contributed by atoms with van der Waals surface area (Å²) in [5, 5.41) is 8.69. The number of piperidine rings is 1. The van der Waals surface area contributed by atoms with Crippen LogP contribution in [0.3, 0.4) is 0 Å². The zero-order chi connectivity index (χ0) is 13.1. The van der Waals surface area contributed by atoms with E-state index in [-0.39, 0.29) is 18.0 Å². The van der Waals surface area contributed by atoms with Crippen molar-refractivity contribution in [3.8, 4) is 6.07 Å². The van der Waals surface area contributed by atoms with Gasteiger partial charge in [0.15, 0.2) is 0 Å². The lowest BCUT2D eigenvalue weighted by molar-refractivity contribution is 0.0613. The van der Waals surface area contributed by atoms with Gasteiger partial charge in [-0.2, -0.15) is 5.26 Å². The van der Waals surface area contributed by atoms with Crippen molar-refractivity contribution in [1.82, 2.24) is 9.88 Å². The largest absolute Gasteiger partial charge is 0.334 e. The van der Waals surface area contributed by atoms with E-state index in [1.54, 1.807) is 17.0 Å². The van der Waals surface area contributed by atoms with Crippen molar-refractivity contribution < 1.29 is 4.79 Å². The van der Waals surface area contributed by atoms with Gasteiger partial charge in [0.1, 0.15) is 11.8 Å². The number of hydrogen-bond donors (Lipinski definition) is 1. The first-order chi connectivity index (χ1) is 8.61. The predicted molar refractivity (Wildman–Crippen MR) is 66.7 cm³/mol. The third-order valence-corrected chi connectivity index (χ3v) is 3.29. The lowest BCUT2D eigenvalue weighted by Gasteiger charge is -2.36. The van der Waals surface area contributed by atoms with Crippen LogP contribution >= 0.6 is 0 Å². The highest BCUT2D eigenvalue weighted by molar-refractivity contribution is 5.92. The molecular weight excluding hydrogens is 228 g/mol. The summed E-state index contributed by atoms with van der Waals surface area (Å²) in [7, 11) is 0. The molecule has 5 nitrogen and oxygen atoms in total. The first kappa shape index (κ1) is 12.5. The summed E-state index contributed by atoms with van der Waals surface area (Å²) in [5.74, 6) is -0.0844. The molecule has 2 atom stereocenters. The van der Waals surface area contributed by atoms with Gasteiger partial charge in [-0.15, -0.1) is 0 Å². The number of amides is 1. The number of pyridine rings is 1. The Balaban J connectivity index is 2.13. The molecule has 0 radical (unpaired) electrons. The second kappa shape index (κ2) is 5.15. The Labute approximate surface area is 106 Å². The Morgan fingerprint density at radius 3 is 2.94 bits per heavy atom. The zero-order valence-electron chi connectivity index (χ0n) is 10.3. The summed E-state index contributed by atoms with van der Waals surface area (Å²) in [6.45, 7) is 2.67. The van der Waals surface area contributed by atoms with Gasteiger partial charge in [-0.3, -0.25) is 4.79 Å². The van der Waals surface area contributed by atoms with E-state index in [1.807, 2.05) is 13.0 Å². The number of nitrogens with two attached hydrogens (primary N) is 1. The fraction of sp³-hybridized carbons (Fsp3) is 0.462. The molecule has 1 aromatic heterocycles. The molecule has 1 amide bonds. The third kappa shape index (κ3) is 2.49. The minimum absolute atomic E-state index is 0.0844. The molecule has 1 saturated heterocycles. The summed E-state index contributed by atoms with van der Waals surface area (Å²) in [6, 6.07) is 5.51. The van der Waals surface area contributed by atoms with Crippen LogP contribution in [0.25, 0.3) is 0 Å². The van der Waals surface area contributed by atoms with Crippen LogP contribution in [0.5, 0.6) is 0 Å². The molecule has 2 unspecified atom stereocenters. The van der Waals surface area contributed by atoms with Gasteiger partial charge in [0, 0.05) is 24.8 Å². The minimum Gasteiger partial charge on any atom is -0.334 e. The van der Waals surface area contributed by atoms with Gasteiger partial charge < -0.3 is 10.6 Å². The predicted octanol–water partition coefficient (Wildman–Crippen LogP) is 0.905. The quantitative estimate of drug-likeness (QED) is 0.795. The number of aromatic nitrogens is 1. The molecule has 2 N–H and O–H groups in total. The van der Waals surface area contributed by atoms with Crippen LogP contribution in [0.4, 0.5) is 0 Å². The first-order valence-corrected chi connectivity index (χ1v) is 6.04. The third-order valence-electron chi connectivity index (χ3n) is 3.29. The molecule has 1 aliphatic rings. The van der Waals surface area contributed by atoms with Crippen molar-refractivity contribution in [2.45, 2.75) is 31.8 Å². The maximum atomic E-state index is 12.3.